The second kappa shape index (κ2) is 9.19. The van der Waals surface area contributed by atoms with E-state index in [4.69, 9.17) is 0 Å². The minimum Gasteiger partial charge on any atom is -0.327 e. The van der Waals surface area contributed by atoms with Crippen LogP contribution in [0.2, 0.25) is 0 Å². The highest BCUT2D eigenvalue weighted by molar-refractivity contribution is 7.44. The van der Waals surface area contributed by atoms with E-state index in [0.717, 1.165) is 25.4 Å². The van der Waals surface area contributed by atoms with Crippen LogP contribution >= 0.6 is 7.80 Å². The fourth-order valence-electron chi connectivity index (χ4n) is 3.23. The average Bonchev–Trinajstić information content (AvgIpc) is 2.42. The molecule has 114 valence electrons. The highest BCUT2D eigenvalue weighted by Crippen LogP contribution is 2.34. The summed E-state index contributed by atoms with van der Waals surface area (Å²) < 4.78 is 11.6. The van der Waals surface area contributed by atoms with Crippen LogP contribution in [-0.2, 0) is 4.57 Å². The van der Waals surface area contributed by atoms with Gasteiger partial charge in [0, 0.05) is 31.0 Å². The second-order valence-corrected chi connectivity index (χ2v) is 8.51. The largest absolute Gasteiger partial charge is 0.327 e. The van der Waals surface area contributed by atoms with Gasteiger partial charge >= 0.3 is 0 Å². The Balaban J connectivity index is 2.50. The van der Waals surface area contributed by atoms with Crippen molar-refractivity contribution in [3.63, 3.8) is 0 Å². The first kappa shape index (κ1) is 17.2. The molecule has 0 radical (unpaired) electrons. The Morgan fingerprint density at radius 3 is 2.11 bits per heavy atom. The van der Waals surface area contributed by atoms with E-state index in [-0.39, 0.29) is 0 Å². The summed E-state index contributed by atoms with van der Waals surface area (Å²) in [6.45, 7) is 9.17. The standard InChI is InChI=1S/C16H34NOP/c1-4-6-8-9-11-16(3,10-7-5-2)17-12-14-19(18)15-13-17/h19H,4-15H2,1-3H3. The van der Waals surface area contributed by atoms with Gasteiger partial charge in [0.2, 0.25) is 0 Å². The molecule has 1 aliphatic heterocycles. The predicted molar refractivity (Wildman–Crippen MR) is 87.0 cm³/mol. The second-order valence-electron chi connectivity index (χ2n) is 6.44. The zero-order valence-electron chi connectivity index (χ0n) is 13.3. The summed E-state index contributed by atoms with van der Waals surface area (Å²) in [6, 6.07) is 0. The van der Waals surface area contributed by atoms with Crippen LogP contribution in [0.5, 0.6) is 0 Å². The molecule has 1 heterocycles. The van der Waals surface area contributed by atoms with Crippen molar-refractivity contribution in [1.29, 1.82) is 0 Å². The van der Waals surface area contributed by atoms with Crippen molar-refractivity contribution in [3.8, 4) is 0 Å². The third kappa shape index (κ3) is 6.00. The van der Waals surface area contributed by atoms with Crippen LogP contribution in [0.25, 0.3) is 0 Å². The van der Waals surface area contributed by atoms with Gasteiger partial charge in [-0.05, 0) is 19.8 Å². The number of unbranched alkanes of at least 4 members (excludes halogenated alkanes) is 4. The summed E-state index contributed by atoms with van der Waals surface area (Å²) in [5, 5.41) is 0. The SMILES string of the molecule is CCCCCCC(C)(CCCC)N1CC[PH](=O)CC1. The maximum atomic E-state index is 11.6. The molecule has 0 saturated carbocycles. The van der Waals surface area contributed by atoms with Gasteiger partial charge in [0.1, 0.15) is 0 Å². The van der Waals surface area contributed by atoms with Crippen LogP contribution in [0.4, 0.5) is 0 Å². The van der Waals surface area contributed by atoms with E-state index in [9.17, 15) is 4.57 Å². The number of hydrogen-bond acceptors (Lipinski definition) is 2. The molecular weight excluding hydrogens is 253 g/mol. The van der Waals surface area contributed by atoms with Gasteiger partial charge in [0.05, 0.1) is 7.80 Å². The van der Waals surface area contributed by atoms with E-state index in [0.29, 0.717) is 5.54 Å². The van der Waals surface area contributed by atoms with E-state index in [1.54, 1.807) is 0 Å². The quantitative estimate of drug-likeness (QED) is 0.449. The molecule has 0 N–H and O–H groups in total. The molecule has 1 atom stereocenters. The molecule has 0 amide bonds. The van der Waals surface area contributed by atoms with Gasteiger partial charge < -0.3 is 4.57 Å². The summed E-state index contributed by atoms with van der Waals surface area (Å²) in [4.78, 5) is 2.65. The molecule has 0 bridgehead atoms. The van der Waals surface area contributed by atoms with Crippen molar-refractivity contribution in [2.45, 2.75) is 77.7 Å². The van der Waals surface area contributed by atoms with Crippen LogP contribution in [0, 0.1) is 0 Å². The first-order chi connectivity index (χ1) is 9.12. The lowest BCUT2D eigenvalue weighted by Gasteiger charge is -2.44. The molecule has 1 fully saturated rings. The van der Waals surface area contributed by atoms with Gasteiger partial charge in [-0.15, -0.1) is 0 Å². The van der Waals surface area contributed by atoms with Gasteiger partial charge in [-0.2, -0.15) is 0 Å². The van der Waals surface area contributed by atoms with E-state index < -0.39 is 7.80 Å². The summed E-state index contributed by atoms with van der Waals surface area (Å²) in [6.07, 6.45) is 12.6. The summed E-state index contributed by atoms with van der Waals surface area (Å²) in [7, 11) is -1.23. The van der Waals surface area contributed by atoms with Crippen LogP contribution < -0.4 is 0 Å². The van der Waals surface area contributed by atoms with Crippen molar-refractivity contribution in [1.82, 2.24) is 4.90 Å². The third-order valence-corrected chi connectivity index (χ3v) is 6.28. The van der Waals surface area contributed by atoms with Gasteiger partial charge in [0.15, 0.2) is 0 Å². The Morgan fingerprint density at radius 2 is 1.53 bits per heavy atom. The minimum atomic E-state index is -1.23. The van der Waals surface area contributed by atoms with Crippen molar-refractivity contribution in [3.05, 3.63) is 0 Å². The Hall–Kier alpha value is 0.190. The Bertz CT molecular complexity index is 259. The smallest absolute Gasteiger partial charge is 0.0787 e. The Labute approximate surface area is 121 Å². The maximum Gasteiger partial charge on any atom is 0.0787 e. The lowest BCUT2D eigenvalue weighted by atomic mass is 9.86. The van der Waals surface area contributed by atoms with E-state index >= 15 is 0 Å². The Morgan fingerprint density at radius 1 is 0.947 bits per heavy atom. The monoisotopic (exact) mass is 287 g/mol. The number of rotatable bonds is 9. The zero-order valence-corrected chi connectivity index (χ0v) is 14.3. The highest BCUT2D eigenvalue weighted by atomic mass is 31.1. The summed E-state index contributed by atoms with van der Waals surface area (Å²) in [5.74, 6) is 0. The topological polar surface area (TPSA) is 20.3 Å². The predicted octanol–water partition coefficient (Wildman–Crippen LogP) is 4.78. The molecular formula is C16H34NOP. The van der Waals surface area contributed by atoms with Gasteiger partial charge in [-0.1, -0.05) is 52.4 Å². The summed E-state index contributed by atoms with van der Waals surface area (Å²) in [5.41, 5.74) is 0.367. The zero-order chi connectivity index (χ0) is 14.1. The highest BCUT2D eigenvalue weighted by Gasteiger charge is 2.32. The first-order valence-corrected chi connectivity index (χ1v) is 10.2. The van der Waals surface area contributed by atoms with E-state index in [2.05, 4.69) is 25.7 Å². The van der Waals surface area contributed by atoms with Gasteiger partial charge in [0.25, 0.3) is 0 Å². The number of nitrogens with zero attached hydrogens (tertiary/aromatic N) is 1. The van der Waals surface area contributed by atoms with Gasteiger partial charge in [-0.3, -0.25) is 4.90 Å². The van der Waals surface area contributed by atoms with Crippen molar-refractivity contribution >= 4 is 7.80 Å². The molecule has 1 rings (SSSR count). The fourth-order valence-corrected chi connectivity index (χ4v) is 4.52. The third-order valence-electron chi connectivity index (χ3n) is 4.72. The average molecular weight is 287 g/mol. The first-order valence-electron chi connectivity index (χ1n) is 8.39. The Kier molecular flexibility index (Phi) is 8.34. The minimum absolute atomic E-state index is 0.367. The van der Waals surface area contributed by atoms with Crippen molar-refractivity contribution < 1.29 is 4.57 Å². The molecule has 0 aromatic carbocycles. The maximum absolute atomic E-state index is 11.6. The lowest BCUT2D eigenvalue weighted by molar-refractivity contribution is 0.0901. The van der Waals surface area contributed by atoms with E-state index in [1.807, 2.05) is 0 Å². The number of hydrogen-bond donors (Lipinski definition) is 0. The molecule has 0 aromatic rings. The molecule has 1 saturated heterocycles. The summed E-state index contributed by atoms with van der Waals surface area (Å²) >= 11 is 0. The molecule has 2 nitrogen and oxygen atoms in total. The normalized spacial score (nSPS) is 21.4. The van der Waals surface area contributed by atoms with Crippen LogP contribution in [0.3, 0.4) is 0 Å². The fraction of sp³-hybridized carbons (Fsp3) is 1.00. The molecule has 0 spiro atoms. The van der Waals surface area contributed by atoms with Crippen LogP contribution in [-0.4, -0.2) is 35.9 Å². The van der Waals surface area contributed by atoms with Crippen molar-refractivity contribution in [2.24, 2.45) is 0 Å². The van der Waals surface area contributed by atoms with Crippen molar-refractivity contribution in [2.75, 3.05) is 25.4 Å². The molecule has 3 heteroatoms. The van der Waals surface area contributed by atoms with Gasteiger partial charge in [-0.25, -0.2) is 0 Å². The van der Waals surface area contributed by atoms with Crippen LogP contribution in [0.1, 0.15) is 72.1 Å². The van der Waals surface area contributed by atoms with Crippen LogP contribution in [0.15, 0.2) is 0 Å². The molecule has 1 unspecified atom stereocenters. The van der Waals surface area contributed by atoms with E-state index in [1.165, 1.54) is 51.4 Å². The molecule has 0 aromatic heterocycles. The molecule has 19 heavy (non-hydrogen) atoms. The lowest BCUT2D eigenvalue weighted by Crippen LogP contribution is -2.50. The molecule has 1 aliphatic rings. The molecule has 0 aliphatic carbocycles.